The molecule has 0 fully saturated rings. The lowest BCUT2D eigenvalue weighted by Gasteiger charge is -2.41. The van der Waals surface area contributed by atoms with Crippen molar-refractivity contribution in [3.63, 3.8) is 0 Å². The zero-order valence-corrected chi connectivity index (χ0v) is 39.7. The second kappa shape index (κ2) is 22.9. The Morgan fingerprint density at radius 2 is 1.03 bits per heavy atom. The van der Waals surface area contributed by atoms with Gasteiger partial charge in [0.1, 0.15) is 30.2 Å². The van der Waals surface area contributed by atoms with Crippen LogP contribution in [0.2, 0.25) is 0 Å². The van der Waals surface area contributed by atoms with E-state index in [0.717, 1.165) is 16.5 Å². The van der Waals surface area contributed by atoms with E-state index in [0.29, 0.717) is 19.4 Å². The van der Waals surface area contributed by atoms with Gasteiger partial charge in [0.25, 0.3) is 0 Å². The van der Waals surface area contributed by atoms with Crippen LogP contribution < -0.4 is 16.0 Å². The van der Waals surface area contributed by atoms with Gasteiger partial charge in [0, 0.05) is 51.8 Å². The first-order chi connectivity index (χ1) is 27.9. The van der Waals surface area contributed by atoms with Gasteiger partial charge in [-0.3, -0.25) is 28.8 Å². The van der Waals surface area contributed by atoms with Crippen molar-refractivity contribution < 1.29 is 28.8 Å². The van der Waals surface area contributed by atoms with Crippen molar-refractivity contribution in [3.8, 4) is 0 Å². The number of likely N-dealkylation sites (N-methyl/N-ethyl adjacent to an activating group) is 5. The highest BCUT2D eigenvalue weighted by Crippen LogP contribution is 2.23. The Balaban J connectivity index is 2.31. The van der Waals surface area contributed by atoms with Crippen molar-refractivity contribution >= 4 is 46.3 Å². The summed E-state index contributed by atoms with van der Waals surface area (Å²) in [6, 6.07) is 2.95. The summed E-state index contributed by atoms with van der Waals surface area (Å²) in [7, 11) is 8.06. The summed E-state index contributed by atoms with van der Waals surface area (Å²) in [5.41, 5.74) is 2.11. The summed E-state index contributed by atoms with van der Waals surface area (Å²) in [4.78, 5) is 93.6. The van der Waals surface area contributed by atoms with E-state index in [2.05, 4.69) is 20.9 Å². The normalized spacial score (nSPS) is 14.9. The first kappa shape index (κ1) is 51.7. The van der Waals surface area contributed by atoms with Gasteiger partial charge in [-0.05, 0) is 67.0 Å². The molecule has 0 saturated heterocycles. The Morgan fingerprint density at radius 3 is 1.50 bits per heavy atom. The van der Waals surface area contributed by atoms with E-state index >= 15 is 0 Å². The first-order valence-electron chi connectivity index (χ1n) is 21.8. The Hall–Kier alpha value is -4.46. The van der Waals surface area contributed by atoms with Crippen LogP contribution in [0, 0.1) is 35.5 Å². The van der Waals surface area contributed by atoms with E-state index in [4.69, 9.17) is 0 Å². The standard InChI is InChI=1S/C46H78N8O6/c1-26(2)24-35(47-13)43(57)51(14)38(29(7)8)42(56)50-36(27(3)4)44(58)53(16)39(30(9)10)46(60)54(17)40(31(11)12)45(59)52(15)37(28(5)6)41(55)48-23-22-32-25-49-34-21-19-18-20-33(32)34/h18-21,25-31,35-40,47,49H,22-24H2,1-17H3,(H,48,55)(H,50,56)/t35-,36-,37-,38-,39-,40-/m1/s1. The van der Waals surface area contributed by atoms with Crippen molar-refractivity contribution in [2.75, 3.05) is 41.8 Å². The molecule has 0 spiro atoms. The molecule has 338 valence electrons. The maximum atomic E-state index is 14.6. The average Bonchev–Trinajstić information content (AvgIpc) is 3.57. The van der Waals surface area contributed by atoms with Gasteiger partial charge in [0.15, 0.2) is 0 Å². The molecule has 0 aliphatic carbocycles. The van der Waals surface area contributed by atoms with Crippen LogP contribution in [-0.2, 0) is 35.2 Å². The van der Waals surface area contributed by atoms with Crippen molar-refractivity contribution in [1.29, 1.82) is 0 Å². The number of benzene rings is 1. The second-order valence-electron chi connectivity index (χ2n) is 18.7. The molecule has 1 aromatic carbocycles. The van der Waals surface area contributed by atoms with E-state index in [-0.39, 0.29) is 53.2 Å². The van der Waals surface area contributed by atoms with Crippen LogP contribution in [0.15, 0.2) is 30.5 Å². The molecule has 14 nitrogen and oxygen atoms in total. The summed E-state index contributed by atoms with van der Waals surface area (Å²) < 4.78 is 0. The summed E-state index contributed by atoms with van der Waals surface area (Å²) in [5.74, 6) is -3.52. The lowest BCUT2D eigenvalue weighted by atomic mass is 9.94. The molecule has 60 heavy (non-hydrogen) atoms. The molecule has 0 bridgehead atoms. The van der Waals surface area contributed by atoms with Gasteiger partial charge < -0.3 is 40.5 Å². The molecule has 0 unspecified atom stereocenters. The first-order valence-corrected chi connectivity index (χ1v) is 21.8. The molecule has 1 aromatic heterocycles. The maximum Gasteiger partial charge on any atom is 0.246 e. The number of H-pyrrole nitrogens is 1. The number of amides is 6. The molecule has 6 amide bonds. The number of rotatable bonds is 22. The highest BCUT2D eigenvalue weighted by atomic mass is 16.2. The smallest absolute Gasteiger partial charge is 0.246 e. The fourth-order valence-electron chi connectivity index (χ4n) is 8.41. The van der Waals surface area contributed by atoms with E-state index in [1.807, 2.05) is 114 Å². The number of carbonyl (C=O) groups is 6. The molecular formula is C46H78N8O6. The van der Waals surface area contributed by atoms with Crippen LogP contribution in [0.1, 0.15) is 95.1 Å². The van der Waals surface area contributed by atoms with Crippen molar-refractivity contribution in [2.45, 2.75) is 132 Å². The molecule has 2 rings (SSSR count). The van der Waals surface area contributed by atoms with Crippen LogP contribution in [0.3, 0.4) is 0 Å². The van der Waals surface area contributed by atoms with E-state index in [1.54, 1.807) is 35.2 Å². The maximum absolute atomic E-state index is 14.6. The van der Waals surface area contributed by atoms with Gasteiger partial charge in [-0.2, -0.15) is 0 Å². The van der Waals surface area contributed by atoms with Gasteiger partial charge in [-0.25, -0.2) is 0 Å². The number of carbonyl (C=O) groups excluding carboxylic acids is 6. The molecular weight excluding hydrogens is 761 g/mol. The second-order valence-corrected chi connectivity index (χ2v) is 18.7. The third-order valence-corrected chi connectivity index (χ3v) is 11.6. The minimum atomic E-state index is -1.00. The van der Waals surface area contributed by atoms with Crippen LogP contribution in [0.5, 0.6) is 0 Å². The molecule has 14 heteroatoms. The minimum Gasteiger partial charge on any atom is -0.361 e. The number of fused-ring (bicyclic) bond motifs is 1. The van der Waals surface area contributed by atoms with E-state index in [1.165, 1.54) is 19.6 Å². The quantitative estimate of drug-likeness (QED) is 0.135. The number of nitrogens with zero attached hydrogens (tertiary/aromatic N) is 4. The van der Waals surface area contributed by atoms with Crippen molar-refractivity contribution in [1.82, 2.24) is 40.5 Å². The molecule has 2 aromatic rings. The van der Waals surface area contributed by atoms with Gasteiger partial charge in [-0.1, -0.05) is 101 Å². The number of para-hydroxylation sites is 1. The van der Waals surface area contributed by atoms with Crippen molar-refractivity contribution in [3.05, 3.63) is 36.0 Å². The van der Waals surface area contributed by atoms with Gasteiger partial charge >= 0.3 is 0 Å². The Bertz CT molecular complexity index is 1750. The molecule has 0 aliphatic rings. The summed E-state index contributed by atoms with van der Waals surface area (Å²) in [6.45, 7) is 23.0. The minimum absolute atomic E-state index is 0.209. The zero-order valence-electron chi connectivity index (χ0n) is 39.7. The van der Waals surface area contributed by atoms with Crippen LogP contribution in [0.4, 0.5) is 0 Å². The Labute approximate surface area is 360 Å². The topological polar surface area (TPSA) is 167 Å². The van der Waals surface area contributed by atoms with Gasteiger partial charge in [0.05, 0.1) is 6.04 Å². The lowest BCUT2D eigenvalue weighted by Crippen LogP contribution is -2.63. The Kier molecular flexibility index (Phi) is 19.8. The van der Waals surface area contributed by atoms with Crippen LogP contribution in [-0.4, -0.2) is 138 Å². The number of hydrogen-bond donors (Lipinski definition) is 4. The molecule has 4 N–H and O–H groups in total. The fourth-order valence-corrected chi connectivity index (χ4v) is 8.41. The molecule has 0 radical (unpaired) electrons. The molecule has 0 saturated carbocycles. The van der Waals surface area contributed by atoms with Crippen molar-refractivity contribution in [2.24, 2.45) is 35.5 Å². The SMILES string of the molecule is CN[C@H](CC(C)C)C(=O)N(C)[C@@H](C(=O)N[C@@H](C(=O)N(C)[C@@H](C(=O)N(C)[C@@H](C(=O)N(C)[C@@H](C(=O)NCCc1c[nH]c2ccccc12)C(C)C)C(C)C)C(C)C)C(C)C)C(C)C. The average molecular weight is 839 g/mol. The highest BCUT2D eigenvalue weighted by Gasteiger charge is 2.43. The summed E-state index contributed by atoms with van der Waals surface area (Å²) in [5, 5.41) is 10.1. The third kappa shape index (κ3) is 12.8. The zero-order chi connectivity index (χ0) is 45.9. The number of nitrogens with one attached hydrogen (secondary N) is 4. The predicted molar refractivity (Wildman–Crippen MR) is 240 cm³/mol. The number of aromatic amines is 1. The number of aromatic nitrogens is 1. The molecule has 0 aliphatic heterocycles. The van der Waals surface area contributed by atoms with Crippen LogP contribution in [0.25, 0.3) is 10.9 Å². The van der Waals surface area contributed by atoms with Gasteiger partial charge in [0.2, 0.25) is 35.4 Å². The highest BCUT2D eigenvalue weighted by molar-refractivity contribution is 5.97. The number of hydrogen-bond acceptors (Lipinski definition) is 7. The monoisotopic (exact) mass is 839 g/mol. The van der Waals surface area contributed by atoms with E-state index < -0.39 is 54.0 Å². The molecule has 1 heterocycles. The summed E-state index contributed by atoms with van der Waals surface area (Å²) >= 11 is 0. The third-order valence-electron chi connectivity index (χ3n) is 11.6. The van der Waals surface area contributed by atoms with Crippen LogP contribution >= 0.6 is 0 Å². The molecule has 6 atom stereocenters. The largest absolute Gasteiger partial charge is 0.361 e. The van der Waals surface area contributed by atoms with Gasteiger partial charge in [-0.15, -0.1) is 0 Å². The fraction of sp³-hybridized carbons (Fsp3) is 0.696. The summed E-state index contributed by atoms with van der Waals surface area (Å²) in [6.07, 6.45) is 3.16. The lowest BCUT2D eigenvalue weighted by molar-refractivity contribution is -0.155. The van der Waals surface area contributed by atoms with E-state index in [9.17, 15) is 28.8 Å². The Morgan fingerprint density at radius 1 is 0.583 bits per heavy atom. The predicted octanol–water partition coefficient (Wildman–Crippen LogP) is 4.53.